The average Bonchev–Trinajstić information content (AvgIpc) is 3.52. The molecule has 1 atom stereocenters. The smallest absolute Gasteiger partial charge is 0.290 e. The van der Waals surface area contributed by atoms with Crippen molar-refractivity contribution in [1.29, 1.82) is 5.26 Å². The van der Waals surface area contributed by atoms with Crippen LogP contribution in [0.5, 0.6) is 0 Å². The molecule has 1 amide bonds. The van der Waals surface area contributed by atoms with Gasteiger partial charge in [0.05, 0.1) is 18.5 Å². The van der Waals surface area contributed by atoms with E-state index in [2.05, 4.69) is 43.4 Å². The quantitative estimate of drug-likeness (QED) is 0.474. The second-order valence-corrected chi connectivity index (χ2v) is 7.70. The molecule has 1 saturated heterocycles. The minimum Gasteiger partial charge on any atom is -0.483 e. The van der Waals surface area contributed by atoms with Gasteiger partial charge >= 0.3 is 0 Å². The summed E-state index contributed by atoms with van der Waals surface area (Å²) in [4.78, 5) is 34.1. The van der Waals surface area contributed by atoms with Crippen molar-refractivity contribution in [2.24, 2.45) is 5.92 Å². The van der Waals surface area contributed by atoms with Crippen LogP contribution in [0.1, 0.15) is 28.9 Å². The maximum absolute atomic E-state index is 12.1. The van der Waals surface area contributed by atoms with Crippen molar-refractivity contribution in [3.63, 3.8) is 0 Å². The number of H-pyrrole nitrogens is 1. The molecule has 9 heteroatoms. The first-order chi connectivity index (χ1) is 16.1. The average molecular weight is 447 g/mol. The Balaban J connectivity index is 0.000000968. The van der Waals surface area contributed by atoms with E-state index in [4.69, 9.17) is 9.90 Å². The summed E-state index contributed by atoms with van der Waals surface area (Å²) in [6.45, 7) is 1.98. The van der Waals surface area contributed by atoms with Gasteiger partial charge < -0.3 is 20.3 Å². The zero-order chi connectivity index (χ0) is 23.5. The Kier molecular flexibility index (Phi) is 8.54. The lowest BCUT2D eigenvalue weighted by Gasteiger charge is -2.18. The van der Waals surface area contributed by atoms with Crippen molar-refractivity contribution < 1.29 is 14.7 Å². The van der Waals surface area contributed by atoms with Crippen LogP contribution in [-0.4, -0.2) is 45.5 Å². The van der Waals surface area contributed by atoms with Crippen LogP contribution in [0.2, 0.25) is 0 Å². The van der Waals surface area contributed by atoms with E-state index in [0.29, 0.717) is 24.4 Å². The Bertz CT molecular complexity index is 1080. The number of aromatic amines is 1. The number of carbonyl (C=O) groups excluding carboxylic acids is 1. The monoisotopic (exact) mass is 446 g/mol. The van der Waals surface area contributed by atoms with Gasteiger partial charge in [-0.3, -0.25) is 9.59 Å². The van der Waals surface area contributed by atoms with Crippen molar-refractivity contribution >= 4 is 18.2 Å². The van der Waals surface area contributed by atoms with E-state index in [0.717, 1.165) is 43.1 Å². The minimum absolute atomic E-state index is 0.0192. The molecular weight excluding hydrogens is 420 g/mol. The Labute approximate surface area is 192 Å². The summed E-state index contributed by atoms with van der Waals surface area (Å²) >= 11 is 0. The van der Waals surface area contributed by atoms with Crippen molar-refractivity contribution in [2.75, 3.05) is 18.0 Å². The van der Waals surface area contributed by atoms with Gasteiger partial charge in [0.1, 0.15) is 17.7 Å². The van der Waals surface area contributed by atoms with E-state index in [1.807, 2.05) is 18.2 Å². The number of hydrogen-bond donors (Lipinski definition) is 3. The molecule has 1 fully saturated rings. The summed E-state index contributed by atoms with van der Waals surface area (Å²) in [6.07, 6.45) is 7.57. The number of nitrogens with zero attached hydrogens (tertiary/aromatic N) is 4. The van der Waals surface area contributed by atoms with E-state index < -0.39 is 0 Å². The van der Waals surface area contributed by atoms with Crippen LogP contribution in [-0.2, 0) is 29.0 Å². The molecule has 3 N–H and O–H groups in total. The van der Waals surface area contributed by atoms with Crippen LogP contribution in [0.4, 0.5) is 5.82 Å². The highest BCUT2D eigenvalue weighted by molar-refractivity contribution is 5.78. The summed E-state index contributed by atoms with van der Waals surface area (Å²) in [5.74, 6) is 2.05. The van der Waals surface area contributed by atoms with Gasteiger partial charge in [0.15, 0.2) is 0 Å². The second kappa shape index (κ2) is 12.0. The fraction of sp³-hybridized carbons (Fsp3) is 0.292. The van der Waals surface area contributed by atoms with Gasteiger partial charge in [0, 0.05) is 31.7 Å². The standard InChI is InChI=1S/C23H24N6O.CH2O2/c24-14-20-2-1-8-27-23(20)29-11-7-19(16-29)12-17-3-5-18(6-4-17)13-22(30)28-15-21-25-9-10-26-21;2-1-3/h1-6,8-10,19H,7,11-13,15-16H2,(H,25,26)(H,28,30);1H,(H,2,3). The number of carbonyl (C=O) groups is 2. The van der Waals surface area contributed by atoms with Crippen LogP contribution in [0.3, 0.4) is 0 Å². The highest BCUT2D eigenvalue weighted by Crippen LogP contribution is 2.27. The van der Waals surface area contributed by atoms with Gasteiger partial charge in [-0.05, 0) is 42.0 Å². The number of aromatic nitrogens is 3. The fourth-order valence-electron chi connectivity index (χ4n) is 3.88. The zero-order valence-corrected chi connectivity index (χ0v) is 18.1. The third kappa shape index (κ3) is 6.90. The maximum atomic E-state index is 12.1. The molecule has 3 heterocycles. The first-order valence-corrected chi connectivity index (χ1v) is 10.6. The van der Waals surface area contributed by atoms with Gasteiger partial charge in [-0.2, -0.15) is 5.26 Å². The van der Waals surface area contributed by atoms with Crippen molar-refractivity contribution in [1.82, 2.24) is 20.3 Å². The first kappa shape index (κ1) is 23.5. The number of amides is 1. The fourth-order valence-corrected chi connectivity index (χ4v) is 3.88. The lowest BCUT2D eigenvalue weighted by Crippen LogP contribution is -2.25. The van der Waals surface area contributed by atoms with Crippen LogP contribution in [0.25, 0.3) is 0 Å². The molecule has 0 aliphatic carbocycles. The first-order valence-electron chi connectivity index (χ1n) is 10.6. The maximum Gasteiger partial charge on any atom is 0.290 e. The van der Waals surface area contributed by atoms with Crippen molar-refractivity contribution in [3.05, 3.63) is 77.5 Å². The molecule has 1 unspecified atom stereocenters. The molecule has 170 valence electrons. The number of benzene rings is 1. The summed E-state index contributed by atoms with van der Waals surface area (Å²) in [6, 6.07) is 14.1. The molecule has 3 aromatic rings. The number of anilines is 1. The minimum atomic E-state index is -0.250. The topological polar surface area (TPSA) is 135 Å². The molecule has 0 spiro atoms. The van der Waals surface area contributed by atoms with E-state index >= 15 is 0 Å². The molecule has 4 rings (SSSR count). The van der Waals surface area contributed by atoms with Gasteiger partial charge in [0.2, 0.25) is 5.91 Å². The van der Waals surface area contributed by atoms with E-state index in [1.54, 1.807) is 24.7 Å². The Hall–Kier alpha value is -4.19. The van der Waals surface area contributed by atoms with Gasteiger partial charge in [-0.1, -0.05) is 24.3 Å². The summed E-state index contributed by atoms with van der Waals surface area (Å²) in [7, 11) is 0. The highest BCUT2D eigenvalue weighted by Gasteiger charge is 2.25. The SMILES string of the molecule is N#Cc1cccnc1N1CCC(Cc2ccc(CC(=O)NCc3ncc[nH]3)cc2)C1.O=CO. The zero-order valence-electron chi connectivity index (χ0n) is 18.1. The van der Waals surface area contributed by atoms with Crippen LogP contribution < -0.4 is 10.2 Å². The molecule has 2 aromatic heterocycles. The molecule has 0 bridgehead atoms. The highest BCUT2D eigenvalue weighted by atomic mass is 16.3. The number of nitrogens with one attached hydrogen (secondary N) is 2. The van der Waals surface area contributed by atoms with Gasteiger partial charge in [0.25, 0.3) is 6.47 Å². The predicted octanol–water partition coefficient (Wildman–Crippen LogP) is 2.31. The van der Waals surface area contributed by atoms with Gasteiger partial charge in [-0.15, -0.1) is 0 Å². The molecule has 1 aliphatic heterocycles. The normalized spacial score (nSPS) is 14.6. The predicted molar refractivity (Wildman–Crippen MR) is 122 cm³/mol. The van der Waals surface area contributed by atoms with Crippen molar-refractivity contribution in [2.45, 2.75) is 25.8 Å². The van der Waals surface area contributed by atoms with Crippen molar-refractivity contribution in [3.8, 4) is 6.07 Å². The molecule has 0 radical (unpaired) electrons. The molecule has 1 aromatic carbocycles. The Morgan fingerprint density at radius 3 is 2.70 bits per heavy atom. The van der Waals surface area contributed by atoms with Crippen LogP contribution >= 0.6 is 0 Å². The summed E-state index contributed by atoms with van der Waals surface area (Å²) in [5, 5.41) is 19.1. The number of hydrogen-bond acceptors (Lipinski definition) is 6. The number of carboxylic acid groups (broad SMARTS) is 1. The lowest BCUT2D eigenvalue weighted by atomic mass is 9.97. The number of nitriles is 1. The molecule has 9 nitrogen and oxygen atoms in total. The van der Waals surface area contributed by atoms with Crippen LogP contribution in [0.15, 0.2) is 55.0 Å². The van der Waals surface area contributed by atoms with Gasteiger partial charge in [-0.25, -0.2) is 9.97 Å². The Morgan fingerprint density at radius 1 is 1.24 bits per heavy atom. The molecule has 0 saturated carbocycles. The lowest BCUT2D eigenvalue weighted by molar-refractivity contribution is -0.123. The molecular formula is C24H26N6O3. The number of rotatable bonds is 7. The van der Waals surface area contributed by atoms with E-state index in [1.165, 1.54) is 5.56 Å². The number of imidazole rings is 1. The summed E-state index contributed by atoms with van der Waals surface area (Å²) in [5.41, 5.74) is 2.90. The largest absolute Gasteiger partial charge is 0.483 e. The van der Waals surface area contributed by atoms with E-state index in [-0.39, 0.29) is 12.4 Å². The van der Waals surface area contributed by atoms with E-state index in [9.17, 15) is 10.1 Å². The van der Waals surface area contributed by atoms with Crippen LogP contribution in [0, 0.1) is 17.2 Å². The summed E-state index contributed by atoms with van der Waals surface area (Å²) < 4.78 is 0. The third-order valence-corrected chi connectivity index (χ3v) is 5.41. The third-order valence-electron chi connectivity index (χ3n) is 5.41. The molecule has 33 heavy (non-hydrogen) atoms. The number of pyridine rings is 1. The second-order valence-electron chi connectivity index (χ2n) is 7.70. The molecule has 1 aliphatic rings. The Morgan fingerprint density at radius 2 is 2.00 bits per heavy atom.